The van der Waals surface area contributed by atoms with Crippen molar-refractivity contribution >= 4 is 17.6 Å². The maximum Gasteiger partial charge on any atom is 0.343 e. The highest BCUT2D eigenvalue weighted by atomic mass is 35.5. The molecule has 8 nitrogen and oxygen atoms in total. The summed E-state index contributed by atoms with van der Waals surface area (Å²) in [5.74, 6) is -1.14. The molecule has 0 aliphatic rings. The minimum Gasteiger partial charge on any atom is -0.478 e. The van der Waals surface area contributed by atoms with Crippen LogP contribution in [0, 0.1) is 12.7 Å². The molecule has 0 fully saturated rings. The van der Waals surface area contributed by atoms with Gasteiger partial charge in [0.05, 0.1) is 17.8 Å². The summed E-state index contributed by atoms with van der Waals surface area (Å²) in [7, 11) is 1.22. The smallest absolute Gasteiger partial charge is 0.343 e. The molecule has 3 aromatic rings. The molecule has 0 amide bonds. The Morgan fingerprint density at radius 2 is 1.83 bits per heavy atom. The van der Waals surface area contributed by atoms with Gasteiger partial charge in [-0.05, 0) is 25.1 Å². The van der Waals surface area contributed by atoms with E-state index in [1.54, 1.807) is 18.2 Å². The molecule has 0 spiro atoms. The average Bonchev–Trinajstić information content (AvgIpc) is 2.69. The first kappa shape index (κ1) is 21.1. The number of halogens is 2. The Morgan fingerprint density at radius 1 is 1.13 bits per heavy atom. The number of aromatic amines is 1. The van der Waals surface area contributed by atoms with Crippen molar-refractivity contribution in [2.75, 3.05) is 13.7 Å². The van der Waals surface area contributed by atoms with Gasteiger partial charge in [-0.15, -0.1) is 0 Å². The third-order valence-corrected chi connectivity index (χ3v) is 4.25. The van der Waals surface area contributed by atoms with Crippen LogP contribution in [0.3, 0.4) is 0 Å². The van der Waals surface area contributed by atoms with E-state index in [1.807, 2.05) is 0 Å². The number of hydrogen-bond acceptors (Lipinski definition) is 6. The second kappa shape index (κ2) is 8.83. The van der Waals surface area contributed by atoms with Gasteiger partial charge < -0.3 is 19.2 Å². The lowest BCUT2D eigenvalue weighted by atomic mass is 10.2. The summed E-state index contributed by atoms with van der Waals surface area (Å²) in [6.45, 7) is 1.18. The first-order valence-corrected chi connectivity index (χ1v) is 8.97. The van der Waals surface area contributed by atoms with E-state index in [1.165, 1.54) is 20.1 Å². The number of carbonyl (C=O) groups is 1. The molecule has 2 aromatic carbocycles. The zero-order valence-corrected chi connectivity index (χ0v) is 16.7. The molecule has 156 valence electrons. The summed E-state index contributed by atoms with van der Waals surface area (Å²) < 4.78 is 30.8. The highest BCUT2D eigenvalue weighted by molar-refractivity contribution is 6.32. The molecule has 0 aliphatic carbocycles. The van der Waals surface area contributed by atoms with Crippen molar-refractivity contribution in [3.63, 3.8) is 0 Å². The molecule has 10 heteroatoms. The van der Waals surface area contributed by atoms with Crippen LogP contribution in [0.2, 0.25) is 5.02 Å². The standard InChI is InChI=1S/C20H16ClFN2O6/c1-11-7-18(25)24(20(27)23-11)14-9-17(12(21)8-13(14)22)30-16-6-4-3-5-15(16)29-10-19(26)28-2/h3-9H,10H2,1-2H3,(H,23,27). The largest absolute Gasteiger partial charge is 0.478 e. The van der Waals surface area contributed by atoms with E-state index in [4.69, 9.17) is 21.1 Å². The van der Waals surface area contributed by atoms with Crippen molar-refractivity contribution in [1.82, 2.24) is 9.55 Å². The van der Waals surface area contributed by atoms with E-state index in [0.717, 1.165) is 18.2 Å². The van der Waals surface area contributed by atoms with E-state index >= 15 is 0 Å². The van der Waals surface area contributed by atoms with Gasteiger partial charge in [-0.2, -0.15) is 0 Å². The van der Waals surface area contributed by atoms with E-state index < -0.39 is 23.0 Å². The Hall–Kier alpha value is -3.59. The number of esters is 1. The van der Waals surface area contributed by atoms with Crippen LogP contribution in [0.1, 0.15) is 5.69 Å². The summed E-state index contributed by atoms with van der Waals surface area (Å²) in [6, 6.07) is 9.60. The van der Waals surface area contributed by atoms with E-state index in [9.17, 15) is 18.8 Å². The predicted octanol–water partition coefficient (Wildman–Crippen LogP) is 2.97. The third kappa shape index (κ3) is 4.52. The van der Waals surface area contributed by atoms with Crippen molar-refractivity contribution in [2.45, 2.75) is 6.92 Å². The lowest BCUT2D eigenvalue weighted by molar-refractivity contribution is -0.142. The number of hydrogen-bond donors (Lipinski definition) is 1. The lowest BCUT2D eigenvalue weighted by Gasteiger charge is -2.14. The van der Waals surface area contributed by atoms with Gasteiger partial charge in [0, 0.05) is 17.8 Å². The molecule has 1 aromatic heterocycles. The van der Waals surface area contributed by atoms with Gasteiger partial charge in [-0.25, -0.2) is 18.5 Å². The number of rotatable bonds is 6. The molecule has 0 unspecified atom stereocenters. The van der Waals surface area contributed by atoms with Crippen LogP contribution >= 0.6 is 11.6 Å². The molecule has 1 N–H and O–H groups in total. The van der Waals surface area contributed by atoms with Crippen LogP contribution in [0.5, 0.6) is 17.2 Å². The number of para-hydroxylation sites is 2. The minimum absolute atomic E-state index is 0.0333. The molecule has 3 rings (SSSR count). The topological polar surface area (TPSA) is 99.6 Å². The van der Waals surface area contributed by atoms with Crippen LogP contribution in [0.15, 0.2) is 52.1 Å². The summed E-state index contributed by atoms with van der Waals surface area (Å²) in [6.07, 6.45) is 0. The number of methoxy groups -OCH3 is 1. The van der Waals surface area contributed by atoms with Crippen LogP contribution in [-0.2, 0) is 9.53 Å². The monoisotopic (exact) mass is 434 g/mol. The molecule has 0 atom stereocenters. The van der Waals surface area contributed by atoms with Gasteiger partial charge >= 0.3 is 11.7 Å². The molecule has 1 heterocycles. The number of benzene rings is 2. The van der Waals surface area contributed by atoms with Gasteiger partial charge in [0.25, 0.3) is 5.56 Å². The maximum atomic E-state index is 14.5. The fourth-order valence-electron chi connectivity index (χ4n) is 2.57. The van der Waals surface area contributed by atoms with Crippen molar-refractivity contribution in [2.24, 2.45) is 0 Å². The highest BCUT2D eigenvalue weighted by Crippen LogP contribution is 2.36. The molecule has 0 bridgehead atoms. The number of aryl methyl sites for hydroxylation is 1. The number of H-pyrrole nitrogens is 1. The minimum atomic E-state index is -0.890. The molecular formula is C20H16ClFN2O6. The van der Waals surface area contributed by atoms with Crippen molar-refractivity contribution in [3.05, 3.63) is 79.8 Å². The van der Waals surface area contributed by atoms with Gasteiger partial charge in [0.1, 0.15) is 11.6 Å². The van der Waals surface area contributed by atoms with E-state index in [2.05, 4.69) is 9.72 Å². The van der Waals surface area contributed by atoms with Crippen molar-refractivity contribution < 1.29 is 23.4 Å². The van der Waals surface area contributed by atoms with Crippen LogP contribution in [-0.4, -0.2) is 29.2 Å². The molecule has 0 radical (unpaired) electrons. The predicted molar refractivity (Wildman–Crippen MR) is 106 cm³/mol. The number of nitrogens with one attached hydrogen (secondary N) is 1. The average molecular weight is 435 g/mol. The first-order valence-electron chi connectivity index (χ1n) is 8.59. The normalized spacial score (nSPS) is 10.5. The Morgan fingerprint density at radius 3 is 2.50 bits per heavy atom. The SMILES string of the molecule is COC(=O)COc1ccccc1Oc1cc(-n2c(=O)cc(C)[nH]c2=O)c(F)cc1Cl. The second-order valence-corrected chi connectivity index (χ2v) is 6.49. The number of nitrogens with zero attached hydrogens (tertiary/aromatic N) is 1. The highest BCUT2D eigenvalue weighted by Gasteiger charge is 2.17. The zero-order valence-electron chi connectivity index (χ0n) is 15.9. The molecule has 0 saturated carbocycles. The summed E-state index contributed by atoms with van der Waals surface area (Å²) in [5.41, 5.74) is -1.53. The quantitative estimate of drug-likeness (QED) is 0.599. The molecule has 30 heavy (non-hydrogen) atoms. The zero-order chi connectivity index (χ0) is 21.8. The maximum absolute atomic E-state index is 14.5. The number of aromatic nitrogens is 2. The Labute approximate surface area is 174 Å². The summed E-state index contributed by atoms with van der Waals surface area (Å²) in [5, 5.41) is -0.101. The number of carbonyl (C=O) groups excluding carboxylic acids is 1. The van der Waals surface area contributed by atoms with Crippen molar-refractivity contribution in [3.8, 4) is 22.9 Å². The van der Waals surface area contributed by atoms with Crippen LogP contribution in [0.25, 0.3) is 5.69 Å². The van der Waals surface area contributed by atoms with Gasteiger partial charge in [-0.1, -0.05) is 23.7 Å². The fraction of sp³-hybridized carbons (Fsp3) is 0.150. The molecular weight excluding hydrogens is 419 g/mol. The molecule has 0 saturated heterocycles. The first-order chi connectivity index (χ1) is 14.3. The van der Waals surface area contributed by atoms with Crippen LogP contribution in [0.4, 0.5) is 4.39 Å². The Kier molecular flexibility index (Phi) is 6.22. The Balaban J connectivity index is 2.02. The van der Waals surface area contributed by atoms with Crippen molar-refractivity contribution in [1.29, 1.82) is 0 Å². The number of ether oxygens (including phenoxy) is 3. The third-order valence-electron chi connectivity index (χ3n) is 3.95. The van der Waals surface area contributed by atoms with Gasteiger partial charge in [0.2, 0.25) is 0 Å². The van der Waals surface area contributed by atoms with Gasteiger partial charge in [-0.3, -0.25) is 4.79 Å². The molecule has 0 aliphatic heterocycles. The second-order valence-electron chi connectivity index (χ2n) is 6.08. The summed E-state index contributed by atoms with van der Waals surface area (Å²) >= 11 is 6.09. The lowest BCUT2D eigenvalue weighted by Crippen LogP contribution is -2.34. The summed E-state index contributed by atoms with van der Waals surface area (Å²) in [4.78, 5) is 38.2. The Bertz CT molecular complexity index is 1190. The van der Waals surface area contributed by atoms with E-state index in [0.29, 0.717) is 10.3 Å². The fourth-order valence-corrected chi connectivity index (χ4v) is 2.76. The van der Waals surface area contributed by atoms with Gasteiger partial charge in [0.15, 0.2) is 18.1 Å². The van der Waals surface area contributed by atoms with E-state index in [-0.39, 0.29) is 34.6 Å². The van der Waals surface area contributed by atoms with Crippen LogP contribution < -0.4 is 20.7 Å².